The van der Waals surface area contributed by atoms with Gasteiger partial charge in [0.1, 0.15) is 54.0 Å². The lowest BCUT2D eigenvalue weighted by Crippen LogP contribution is -2.49. The number of halogens is 1. The second-order valence-electron chi connectivity index (χ2n) is 11.5. The van der Waals surface area contributed by atoms with E-state index in [4.69, 9.17) is 40.1 Å². The van der Waals surface area contributed by atoms with Gasteiger partial charge in [0.05, 0.1) is 13.3 Å². The van der Waals surface area contributed by atoms with Gasteiger partial charge in [0.25, 0.3) is 0 Å². The van der Waals surface area contributed by atoms with Crippen LogP contribution < -0.4 is 9.47 Å². The maximum atomic E-state index is 12.6. The maximum Gasteiger partial charge on any atom is 0.335 e. The fourth-order valence-corrected chi connectivity index (χ4v) is 5.37. The molecule has 254 valence electrons. The van der Waals surface area contributed by atoms with Gasteiger partial charge in [-0.2, -0.15) is 0 Å². The van der Waals surface area contributed by atoms with Crippen LogP contribution in [0.5, 0.6) is 23.0 Å². The Hall–Kier alpha value is -4.24. The molecule has 0 bridgehead atoms. The van der Waals surface area contributed by atoms with Crippen molar-refractivity contribution in [1.29, 1.82) is 0 Å². The molecule has 2 aliphatic heterocycles. The van der Waals surface area contributed by atoms with E-state index in [9.17, 15) is 19.4 Å². The van der Waals surface area contributed by atoms with Crippen LogP contribution in [0.4, 0.5) is 4.39 Å². The van der Waals surface area contributed by atoms with E-state index in [0.29, 0.717) is 12.4 Å². The number of fused-ring (bicyclic) bond motifs is 1. The Morgan fingerprint density at radius 1 is 0.979 bits per heavy atom. The highest BCUT2D eigenvalue weighted by atomic mass is 19.1. The number of benzene rings is 3. The second-order valence-corrected chi connectivity index (χ2v) is 11.5. The van der Waals surface area contributed by atoms with Crippen LogP contribution in [0.2, 0.25) is 0 Å². The molecule has 5 rings (SSSR count). The molecule has 3 aromatic carbocycles. The summed E-state index contributed by atoms with van der Waals surface area (Å²) >= 11 is 0. The first-order chi connectivity index (χ1) is 22.4. The van der Waals surface area contributed by atoms with Gasteiger partial charge in [-0.15, -0.1) is 0 Å². The van der Waals surface area contributed by atoms with E-state index in [2.05, 4.69) is 4.90 Å². The molecule has 3 aromatic rings. The van der Waals surface area contributed by atoms with Crippen molar-refractivity contribution in [3.63, 3.8) is 0 Å². The van der Waals surface area contributed by atoms with Gasteiger partial charge >= 0.3 is 5.97 Å². The standard InChI is InChI=1S/C28H28FNO4.C6H12O7/c1-18-25-14-23(32)7-10-26(25)34-28(27(18)21-3-2-4-22(31)13-21)20-5-8-24(9-6-20)33-12-11-30-16-19(15-29)17-30;7-1-2(8)3(9)4(10)5(11)6(12)13/h2-10,13-14,19,28,31-32H,11-12,15-17H2,1H3;2-5,7-11H,1H2,(H,12,13)/t28-;2-,3+,4+,5+/m00/s1. The summed E-state index contributed by atoms with van der Waals surface area (Å²) in [5.74, 6) is 0.285. The number of alkyl halides is 1. The minimum Gasteiger partial charge on any atom is -0.508 e. The van der Waals surface area contributed by atoms with Gasteiger partial charge in [0.15, 0.2) is 6.10 Å². The van der Waals surface area contributed by atoms with E-state index in [-0.39, 0.29) is 30.2 Å². The zero-order valence-corrected chi connectivity index (χ0v) is 25.7. The van der Waals surface area contributed by atoms with Gasteiger partial charge in [0.2, 0.25) is 0 Å². The largest absolute Gasteiger partial charge is 0.508 e. The van der Waals surface area contributed by atoms with E-state index < -0.39 is 37.0 Å². The number of aromatic hydroxyl groups is 2. The van der Waals surface area contributed by atoms with Crippen molar-refractivity contribution in [1.82, 2.24) is 4.90 Å². The van der Waals surface area contributed by atoms with Crippen molar-refractivity contribution < 1.29 is 59.5 Å². The number of hydrogen-bond acceptors (Lipinski definition) is 11. The molecular formula is C34H40FNO11. The van der Waals surface area contributed by atoms with Gasteiger partial charge in [-0.05, 0) is 66.1 Å². The molecule has 0 spiro atoms. The molecule has 12 nitrogen and oxygen atoms in total. The molecule has 2 aliphatic rings. The highest BCUT2D eigenvalue weighted by molar-refractivity contribution is 5.95. The predicted molar refractivity (Wildman–Crippen MR) is 169 cm³/mol. The van der Waals surface area contributed by atoms with Crippen molar-refractivity contribution in [2.24, 2.45) is 5.92 Å². The van der Waals surface area contributed by atoms with E-state index in [1.165, 1.54) is 0 Å². The number of carbonyl (C=O) groups is 1. The average molecular weight is 658 g/mol. The Morgan fingerprint density at radius 2 is 1.66 bits per heavy atom. The zero-order valence-electron chi connectivity index (χ0n) is 25.7. The normalized spacial score (nSPS) is 18.8. The molecule has 0 saturated carbocycles. The number of phenols is 2. The minimum absolute atomic E-state index is 0.176. The molecular weight excluding hydrogens is 617 g/mol. The Labute approximate surface area is 270 Å². The molecule has 5 atom stereocenters. The van der Waals surface area contributed by atoms with Crippen LogP contribution in [0.3, 0.4) is 0 Å². The number of phenolic OH excluding ortho intramolecular Hbond substituents is 2. The Morgan fingerprint density at radius 3 is 2.28 bits per heavy atom. The van der Waals surface area contributed by atoms with Crippen LogP contribution in [0.1, 0.15) is 29.7 Å². The fourth-order valence-electron chi connectivity index (χ4n) is 5.37. The van der Waals surface area contributed by atoms with Crippen LogP contribution in [-0.4, -0.2) is 116 Å². The summed E-state index contributed by atoms with van der Waals surface area (Å²) < 4.78 is 24.9. The molecule has 2 heterocycles. The summed E-state index contributed by atoms with van der Waals surface area (Å²) in [6.07, 6.45) is -8.22. The van der Waals surface area contributed by atoms with Crippen molar-refractivity contribution in [2.75, 3.05) is 39.5 Å². The van der Waals surface area contributed by atoms with Gasteiger partial charge < -0.3 is 50.3 Å². The minimum atomic E-state index is -2.20. The molecule has 0 aliphatic carbocycles. The first kappa shape index (κ1) is 35.6. The van der Waals surface area contributed by atoms with Crippen molar-refractivity contribution in [3.8, 4) is 23.0 Å². The topological polar surface area (TPSA) is 201 Å². The second kappa shape index (κ2) is 16.0. The SMILES string of the molecule is CC1=C(c2cccc(O)c2)[C@H](c2ccc(OCCN3CC(CF)C3)cc2)Oc2ccc(O)cc21.O=C(O)[C@H](O)[C@H](O)[C@H](O)[C@@H](O)CO. The van der Waals surface area contributed by atoms with E-state index >= 15 is 0 Å². The molecule has 13 heteroatoms. The zero-order chi connectivity index (χ0) is 34.2. The first-order valence-corrected chi connectivity index (χ1v) is 15.0. The van der Waals surface area contributed by atoms with Crippen LogP contribution >= 0.6 is 0 Å². The predicted octanol–water partition coefficient (Wildman–Crippen LogP) is 1.95. The quantitative estimate of drug-likeness (QED) is 0.141. The third-order valence-corrected chi connectivity index (χ3v) is 8.05. The van der Waals surface area contributed by atoms with Gasteiger partial charge in [-0.3, -0.25) is 9.29 Å². The van der Waals surface area contributed by atoms with E-state index in [1.54, 1.807) is 30.3 Å². The summed E-state index contributed by atoms with van der Waals surface area (Å²) in [5.41, 5.74) is 4.56. The lowest BCUT2D eigenvalue weighted by molar-refractivity contribution is -0.164. The molecule has 0 amide bonds. The van der Waals surface area contributed by atoms with Crippen LogP contribution in [0.15, 0.2) is 66.7 Å². The number of allylic oxidation sites excluding steroid dienone is 1. The number of aliphatic carboxylic acids is 1. The fraction of sp³-hybridized carbons (Fsp3) is 0.382. The third-order valence-electron chi connectivity index (χ3n) is 8.05. The maximum absolute atomic E-state index is 12.6. The highest BCUT2D eigenvalue weighted by Crippen LogP contribution is 2.47. The average Bonchev–Trinajstić information content (AvgIpc) is 3.05. The number of hydrogen-bond donors (Lipinski definition) is 8. The Balaban J connectivity index is 0.000000328. The van der Waals surface area contributed by atoms with Crippen LogP contribution in [0.25, 0.3) is 11.1 Å². The summed E-state index contributed by atoms with van der Waals surface area (Å²) in [6, 6.07) is 20.1. The lowest BCUT2D eigenvalue weighted by atomic mass is 9.86. The summed E-state index contributed by atoms with van der Waals surface area (Å²) in [5, 5.41) is 71.9. The summed E-state index contributed by atoms with van der Waals surface area (Å²) in [4.78, 5) is 12.3. The summed E-state index contributed by atoms with van der Waals surface area (Å²) in [7, 11) is 0. The van der Waals surface area contributed by atoms with Crippen LogP contribution in [-0.2, 0) is 4.79 Å². The Kier molecular flexibility index (Phi) is 12.2. The molecule has 8 N–H and O–H groups in total. The van der Waals surface area contributed by atoms with Crippen molar-refractivity contribution in [3.05, 3.63) is 83.4 Å². The van der Waals surface area contributed by atoms with E-state index in [0.717, 1.165) is 53.2 Å². The molecule has 0 radical (unpaired) electrons. The molecule has 0 aromatic heterocycles. The number of ether oxygens (including phenoxy) is 2. The number of carboxylic acids is 1. The molecule has 47 heavy (non-hydrogen) atoms. The summed E-state index contributed by atoms with van der Waals surface area (Å²) in [6.45, 7) is 3.88. The van der Waals surface area contributed by atoms with E-state index in [1.807, 2.05) is 43.3 Å². The lowest BCUT2D eigenvalue weighted by Gasteiger charge is -2.37. The third kappa shape index (κ3) is 8.77. The van der Waals surface area contributed by atoms with Crippen molar-refractivity contribution in [2.45, 2.75) is 37.4 Å². The number of carboxylic acid groups (broad SMARTS) is 1. The molecule has 1 saturated heterocycles. The molecule has 1 fully saturated rings. The van der Waals surface area contributed by atoms with Crippen molar-refractivity contribution >= 4 is 17.1 Å². The van der Waals surface area contributed by atoms with Gasteiger partial charge in [-0.1, -0.05) is 24.3 Å². The molecule has 0 unspecified atom stereocenters. The smallest absolute Gasteiger partial charge is 0.335 e. The number of aliphatic hydroxyl groups is 5. The van der Waals surface area contributed by atoms with Gasteiger partial charge in [-0.25, -0.2) is 4.79 Å². The number of nitrogens with zero attached hydrogens (tertiary/aromatic N) is 1. The number of rotatable bonds is 12. The first-order valence-electron chi connectivity index (χ1n) is 15.0. The van der Waals surface area contributed by atoms with Crippen LogP contribution in [0, 0.1) is 5.92 Å². The Bertz CT molecular complexity index is 1530. The monoisotopic (exact) mass is 657 g/mol. The van der Waals surface area contributed by atoms with Gasteiger partial charge in [0, 0.05) is 36.7 Å². The highest BCUT2D eigenvalue weighted by Gasteiger charge is 2.34. The number of likely N-dealkylation sites (tertiary alicyclic amines) is 1. The number of aliphatic hydroxyl groups excluding tert-OH is 5.